The first-order valence-corrected chi connectivity index (χ1v) is 7.16. The molecule has 8 nitrogen and oxygen atoms in total. The first-order valence-electron chi connectivity index (χ1n) is 7.16. The van der Waals surface area contributed by atoms with Crippen LogP contribution in [0.5, 0.6) is 0 Å². The number of unbranched alkanes of at least 4 members (excludes halogenated alkanes) is 2. The van der Waals surface area contributed by atoms with E-state index >= 15 is 0 Å². The van der Waals surface area contributed by atoms with Crippen LogP contribution in [0.15, 0.2) is 0 Å². The second-order valence-corrected chi connectivity index (χ2v) is 4.64. The number of anilines is 3. The molecule has 0 aliphatic carbocycles. The summed E-state index contributed by atoms with van der Waals surface area (Å²) >= 11 is 0. The average Bonchev–Trinajstić information content (AvgIpc) is 2.42. The van der Waals surface area contributed by atoms with E-state index in [1.165, 1.54) is 0 Å². The van der Waals surface area contributed by atoms with Gasteiger partial charge in [0.1, 0.15) is 0 Å². The number of carbonyl (C=O) groups excluding carboxylic acids is 2. The zero-order valence-corrected chi connectivity index (χ0v) is 12.5. The van der Waals surface area contributed by atoms with Crippen LogP contribution in [0.4, 0.5) is 17.8 Å². The van der Waals surface area contributed by atoms with Crippen LogP contribution in [0.3, 0.4) is 0 Å². The molecule has 0 aliphatic heterocycles. The maximum Gasteiger partial charge on any atom is 0.236 e. The van der Waals surface area contributed by atoms with Crippen LogP contribution in [0.1, 0.15) is 52.4 Å². The molecule has 8 heteroatoms. The largest absolute Gasteiger partial charge is 0.368 e. The Bertz CT molecular complexity index is 451. The van der Waals surface area contributed by atoms with Gasteiger partial charge in [-0.25, -0.2) is 0 Å². The number of rotatable bonds is 8. The summed E-state index contributed by atoms with van der Waals surface area (Å²) in [5, 5.41) is 5.08. The van der Waals surface area contributed by atoms with Crippen molar-refractivity contribution in [3.05, 3.63) is 0 Å². The molecule has 1 aromatic rings. The van der Waals surface area contributed by atoms with Gasteiger partial charge in [0.25, 0.3) is 0 Å². The number of nitrogens with zero attached hydrogens (tertiary/aromatic N) is 3. The van der Waals surface area contributed by atoms with Crippen LogP contribution in [-0.2, 0) is 9.59 Å². The van der Waals surface area contributed by atoms with Crippen LogP contribution < -0.4 is 16.4 Å². The lowest BCUT2D eigenvalue weighted by atomic mass is 10.2. The van der Waals surface area contributed by atoms with E-state index in [9.17, 15) is 9.59 Å². The van der Waals surface area contributed by atoms with Crippen molar-refractivity contribution in [2.45, 2.75) is 52.4 Å². The summed E-state index contributed by atoms with van der Waals surface area (Å²) in [4.78, 5) is 34.8. The van der Waals surface area contributed by atoms with Gasteiger partial charge >= 0.3 is 0 Å². The smallest absolute Gasteiger partial charge is 0.236 e. The van der Waals surface area contributed by atoms with Gasteiger partial charge in [-0.05, 0) is 12.8 Å². The number of hydrogen-bond acceptors (Lipinski definition) is 6. The van der Waals surface area contributed by atoms with Crippen LogP contribution in [0.2, 0.25) is 0 Å². The van der Waals surface area contributed by atoms with Crippen molar-refractivity contribution >= 4 is 29.7 Å². The number of nitrogens with one attached hydrogen (secondary N) is 2. The van der Waals surface area contributed by atoms with Crippen LogP contribution in [-0.4, -0.2) is 26.8 Å². The molecule has 1 heterocycles. The predicted molar refractivity (Wildman–Crippen MR) is 80.5 cm³/mol. The summed E-state index contributed by atoms with van der Waals surface area (Å²) in [5.41, 5.74) is 5.55. The lowest BCUT2D eigenvalue weighted by molar-refractivity contribution is -0.117. The highest BCUT2D eigenvalue weighted by Crippen LogP contribution is 2.09. The third kappa shape index (κ3) is 6.64. The van der Waals surface area contributed by atoms with Gasteiger partial charge in [-0.15, -0.1) is 0 Å². The fourth-order valence-corrected chi connectivity index (χ4v) is 1.55. The van der Waals surface area contributed by atoms with Crippen molar-refractivity contribution in [1.82, 2.24) is 15.0 Å². The molecule has 21 heavy (non-hydrogen) atoms. The Morgan fingerprint density at radius 2 is 1.33 bits per heavy atom. The average molecular weight is 294 g/mol. The molecular formula is C13H22N6O2. The molecule has 0 saturated carbocycles. The Hall–Kier alpha value is -2.25. The van der Waals surface area contributed by atoms with E-state index in [1.807, 2.05) is 13.8 Å². The molecule has 0 aliphatic rings. The van der Waals surface area contributed by atoms with Crippen molar-refractivity contribution in [3.63, 3.8) is 0 Å². The fraction of sp³-hybridized carbons (Fsp3) is 0.615. The molecule has 4 N–H and O–H groups in total. The monoisotopic (exact) mass is 294 g/mol. The Kier molecular flexibility index (Phi) is 7.06. The topological polar surface area (TPSA) is 123 Å². The van der Waals surface area contributed by atoms with Crippen molar-refractivity contribution in [2.75, 3.05) is 16.4 Å². The highest BCUT2D eigenvalue weighted by atomic mass is 16.2. The number of nitrogens with two attached hydrogens (primary N) is 1. The van der Waals surface area contributed by atoms with E-state index in [4.69, 9.17) is 5.73 Å². The second kappa shape index (κ2) is 8.83. The summed E-state index contributed by atoms with van der Waals surface area (Å²) in [6.45, 7) is 4.00. The van der Waals surface area contributed by atoms with Gasteiger partial charge in [-0.2, -0.15) is 15.0 Å². The van der Waals surface area contributed by atoms with Gasteiger partial charge in [-0.3, -0.25) is 20.2 Å². The summed E-state index contributed by atoms with van der Waals surface area (Å²) < 4.78 is 0. The molecule has 0 radical (unpaired) electrons. The molecular weight excluding hydrogens is 272 g/mol. The minimum atomic E-state index is -0.189. The summed E-state index contributed by atoms with van der Waals surface area (Å²) in [7, 11) is 0. The van der Waals surface area contributed by atoms with Gasteiger partial charge in [0, 0.05) is 12.8 Å². The minimum absolute atomic E-state index is 0.0504. The van der Waals surface area contributed by atoms with Gasteiger partial charge in [0.15, 0.2) is 0 Å². The molecule has 0 aromatic carbocycles. The zero-order chi connectivity index (χ0) is 15.7. The second-order valence-electron chi connectivity index (χ2n) is 4.64. The molecule has 0 atom stereocenters. The number of amides is 2. The van der Waals surface area contributed by atoms with Crippen molar-refractivity contribution < 1.29 is 9.59 Å². The fourth-order valence-electron chi connectivity index (χ4n) is 1.55. The molecule has 0 bridgehead atoms. The molecule has 2 amide bonds. The summed E-state index contributed by atoms with van der Waals surface area (Å²) in [6.07, 6.45) is 4.19. The van der Waals surface area contributed by atoms with Gasteiger partial charge in [-0.1, -0.05) is 26.7 Å². The van der Waals surface area contributed by atoms with Gasteiger partial charge in [0.05, 0.1) is 0 Å². The molecule has 0 fully saturated rings. The number of carbonyl (C=O) groups is 2. The standard InChI is InChI=1S/C13H22N6O2/c1-3-5-7-9(20)15-12-17-11(14)18-13(19-12)16-10(21)8-6-4-2/h3-8H2,1-2H3,(H4,14,15,16,17,18,19,20,21). The molecule has 1 aromatic heterocycles. The maximum absolute atomic E-state index is 11.6. The third-order valence-corrected chi connectivity index (χ3v) is 2.67. The quantitative estimate of drug-likeness (QED) is 0.670. The Morgan fingerprint density at radius 3 is 1.71 bits per heavy atom. The van der Waals surface area contributed by atoms with Crippen molar-refractivity contribution in [3.8, 4) is 0 Å². The Labute approximate surface area is 124 Å². The Balaban J connectivity index is 2.66. The van der Waals surface area contributed by atoms with Gasteiger partial charge < -0.3 is 5.73 Å². The molecule has 0 unspecified atom stereocenters. The van der Waals surface area contributed by atoms with E-state index in [2.05, 4.69) is 25.6 Å². The molecule has 0 saturated heterocycles. The highest BCUT2D eigenvalue weighted by molar-refractivity contribution is 5.90. The number of hydrogen-bond donors (Lipinski definition) is 3. The van der Waals surface area contributed by atoms with Crippen molar-refractivity contribution in [2.24, 2.45) is 0 Å². The minimum Gasteiger partial charge on any atom is -0.368 e. The van der Waals surface area contributed by atoms with Crippen molar-refractivity contribution in [1.29, 1.82) is 0 Å². The first kappa shape index (κ1) is 16.8. The SMILES string of the molecule is CCCCC(=O)Nc1nc(N)nc(NC(=O)CCCC)n1. The normalized spacial score (nSPS) is 10.2. The molecule has 116 valence electrons. The van der Waals surface area contributed by atoms with Gasteiger partial charge in [0.2, 0.25) is 29.7 Å². The molecule has 1 rings (SSSR count). The van der Waals surface area contributed by atoms with E-state index in [1.54, 1.807) is 0 Å². The van der Waals surface area contributed by atoms with Crippen LogP contribution in [0, 0.1) is 0 Å². The number of nitrogen functional groups attached to an aromatic ring is 1. The zero-order valence-electron chi connectivity index (χ0n) is 12.5. The van der Waals surface area contributed by atoms with E-state index in [0.29, 0.717) is 12.8 Å². The van der Waals surface area contributed by atoms with E-state index in [-0.39, 0.29) is 29.7 Å². The highest BCUT2D eigenvalue weighted by Gasteiger charge is 2.10. The lowest BCUT2D eigenvalue weighted by Gasteiger charge is -2.07. The van der Waals surface area contributed by atoms with Crippen LogP contribution >= 0.6 is 0 Å². The third-order valence-electron chi connectivity index (χ3n) is 2.67. The molecule has 0 spiro atoms. The van der Waals surface area contributed by atoms with E-state index < -0.39 is 0 Å². The number of aromatic nitrogens is 3. The summed E-state index contributed by atoms with van der Waals surface area (Å²) in [6, 6.07) is 0. The Morgan fingerprint density at radius 1 is 0.905 bits per heavy atom. The first-order chi connectivity index (χ1) is 10.0. The predicted octanol–water partition coefficient (Wildman–Crippen LogP) is 1.71. The van der Waals surface area contributed by atoms with Crippen LogP contribution in [0.25, 0.3) is 0 Å². The lowest BCUT2D eigenvalue weighted by Crippen LogP contribution is -2.18. The summed E-state index contributed by atoms with van der Waals surface area (Å²) in [5.74, 6) is -0.332. The van der Waals surface area contributed by atoms with E-state index in [0.717, 1.165) is 25.7 Å². The maximum atomic E-state index is 11.6.